The second kappa shape index (κ2) is 9.81. The number of ether oxygens (including phenoxy) is 1. The summed E-state index contributed by atoms with van der Waals surface area (Å²) in [4.78, 5) is 53.9. The number of carbonyl (C=O) groups excluding carboxylic acids is 4. The summed E-state index contributed by atoms with van der Waals surface area (Å²) in [5, 5.41) is 6.00. The predicted octanol–water partition coefficient (Wildman–Crippen LogP) is 4.15. The summed E-state index contributed by atoms with van der Waals surface area (Å²) in [5.41, 5.74) is 1.84. The van der Waals surface area contributed by atoms with E-state index >= 15 is 0 Å². The molecule has 4 rings (SSSR count). The Kier molecular flexibility index (Phi) is 6.98. The van der Waals surface area contributed by atoms with Gasteiger partial charge < -0.3 is 15.4 Å². The van der Waals surface area contributed by atoms with E-state index < -0.39 is 35.9 Å². The Morgan fingerprint density at radius 2 is 1.94 bits per heavy atom. The van der Waals surface area contributed by atoms with Gasteiger partial charge in [-0.25, -0.2) is 9.59 Å². The Bertz CT molecular complexity index is 1170. The van der Waals surface area contributed by atoms with Gasteiger partial charge in [-0.3, -0.25) is 14.5 Å². The van der Waals surface area contributed by atoms with Crippen molar-refractivity contribution in [3.8, 4) is 0 Å². The van der Waals surface area contributed by atoms with Crippen molar-refractivity contribution in [2.45, 2.75) is 58.9 Å². The lowest BCUT2D eigenvalue weighted by atomic mass is 9.87. The van der Waals surface area contributed by atoms with Gasteiger partial charge in [-0.05, 0) is 56.6 Å². The quantitative estimate of drug-likeness (QED) is 0.442. The number of hydrogen-bond acceptors (Lipinski definition) is 6. The number of benzene rings is 1. The molecule has 1 saturated heterocycles. The number of hydrogen-bond donors (Lipinski definition) is 2. The molecule has 2 N–H and O–H groups in total. The normalized spacial score (nSPS) is 21.5. The zero-order valence-corrected chi connectivity index (χ0v) is 21.3. The van der Waals surface area contributed by atoms with Crippen molar-refractivity contribution in [2.24, 2.45) is 5.92 Å². The summed E-state index contributed by atoms with van der Waals surface area (Å²) < 4.78 is 5.26. The van der Waals surface area contributed by atoms with Crippen molar-refractivity contribution in [3.05, 3.63) is 51.4 Å². The maximum absolute atomic E-state index is 13.4. The Morgan fingerprint density at radius 3 is 2.60 bits per heavy atom. The van der Waals surface area contributed by atoms with E-state index in [2.05, 4.69) is 17.6 Å². The van der Waals surface area contributed by atoms with Crippen LogP contribution in [0.3, 0.4) is 0 Å². The van der Waals surface area contributed by atoms with Gasteiger partial charge in [0.15, 0.2) is 0 Å². The number of carbonyl (C=O) groups is 4. The third-order valence-corrected chi connectivity index (χ3v) is 7.97. The molecule has 0 saturated carbocycles. The van der Waals surface area contributed by atoms with Crippen LogP contribution in [0, 0.1) is 12.8 Å². The predicted molar refractivity (Wildman–Crippen MR) is 133 cm³/mol. The number of aryl methyl sites for hydroxylation is 1. The lowest BCUT2D eigenvalue weighted by Crippen LogP contribution is -2.44. The van der Waals surface area contributed by atoms with E-state index in [1.165, 1.54) is 11.3 Å². The van der Waals surface area contributed by atoms with Crippen LogP contribution in [0.5, 0.6) is 0 Å². The van der Waals surface area contributed by atoms with E-state index in [0.29, 0.717) is 28.5 Å². The standard InChI is InChI=1S/C26H31N3O5S/c1-5-26(17-10-7-15(3)8-11-17)24(32)29(25(33)28-26)14-20(30)27-22-21(23(31)34-6-2)18-12-9-16(4)13-19(18)35-22/h7-8,10-11,16H,5-6,9,12-14H2,1-4H3,(H,27,30)(H,28,33)/t16-,26-/m1/s1. The van der Waals surface area contributed by atoms with Crippen molar-refractivity contribution in [3.63, 3.8) is 0 Å². The van der Waals surface area contributed by atoms with Crippen molar-refractivity contribution < 1.29 is 23.9 Å². The van der Waals surface area contributed by atoms with Gasteiger partial charge in [-0.1, -0.05) is 43.7 Å². The zero-order chi connectivity index (χ0) is 25.3. The van der Waals surface area contributed by atoms with Gasteiger partial charge in [0.1, 0.15) is 17.1 Å². The van der Waals surface area contributed by atoms with Crippen LogP contribution in [0.25, 0.3) is 0 Å². The van der Waals surface area contributed by atoms with E-state index in [0.717, 1.165) is 40.2 Å². The highest BCUT2D eigenvalue weighted by Gasteiger charge is 2.51. The van der Waals surface area contributed by atoms with Crippen molar-refractivity contribution in [2.75, 3.05) is 18.5 Å². The molecule has 4 amide bonds. The number of esters is 1. The van der Waals surface area contributed by atoms with Crippen molar-refractivity contribution in [1.82, 2.24) is 10.2 Å². The number of imide groups is 1. The fourth-order valence-electron chi connectivity index (χ4n) is 4.81. The number of nitrogens with zero attached hydrogens (tertiary/aromatic N) is 1. The minimum absolute atomic E-state index is 0.230. The minimum atomic E-state index is -1.21. The van der Waals surface area contributed by atoms with Crippen LogP contribution < -0.4 is 10.6 Å². The topological polar surface area (TPSA) is 105 Å². The molecule has 186 valence electrons. The molecule has 0 unspecified atom stereocenters. The average molecular weight is 498 g/mol. The third kappa shape index (κ3) is 4.57. The molecular weight excluding hydrogens is 466 g/mol. The van der Waals surface area contributed by atoms with Crippen molar-refractivity contribution in [1.29, 1.82) is 0 Å². The minimum Gasteiger partial charge on any atom is -0.462 e. The van der Waals surface area contributed by atoms with Crippen LogP contribution in [-0.4, -0.2) is 41.9 Å². The molecule has 1 aliphatic heterocycles. The second-order valence-corrected chi connectivity index (χ2v) is 10.4. The summed E-state index contributed by atoms with van der Waals surface area (Å²) in [6, 6.07) is 6.81. The molecule has 0 bridgehead atoms. The highest BCUT2D eigenvalue weighted by Crippen LogP contribution is 2.40. The van der Waals surface area contributed by atoms with Crippen molar-refractivity contribution >= 4 is 40.2 Å². The van der Waals surface area contributed by atoms with Crippen LogP contribution >= 0.6 is 11.3 Å². The highest BCUT2D eigenvalue weighted by atomic mass is 32.1. The molecule has 2 aromatic rings. The van der Waals surface area contributed by atoms with E-state index in [1.54, 1.807) is 6.92 Å². The van der Waals surface area contributed by atoms with Gasteiger partial charge in [0.25, 0.3) is 5.91 Å². The second-order valence-electron chi connectivity index (χ2n) is 9.27. The van der Waals surface area contributed by atoms with Gasteiger partial charge in [0.05, 0.1) is 12.2 Å². The Hall–Kier alpha value is -3.20. The van der Waals surface area contributed by atoms with Crippen LogP contribution in [-0.2, 0) is 32.7 Å². The third-order valence-electron chi connectivity index (χ3n) is 6.80. The maximum atomic E-state index is 13.4. The molecule has 0 radical (unpaired) electrons. The van der Waals surface area contributed by atoms with E-state index in [4.69, 9.17) is 4.74 Å². The number of nitrogens with one attached hydrogen (secondary N) is 2. The average Bonchev–Trinajstić information content (AvgIpc) is 3.29. The molecule has 2 heterocycles. The molecule has 2 atom stereocenters. The van der Waals surface area contributed by atoms with Gasteiger partial charge >= 0.3 is 12.0 Å². The van der Waals surface area contributed by atoms with E-state index in [-0.39, 0.29) is 6.61 Å². The summed E-state index contributed by atoms with van der Waals surface area (Å²) >= 11 is 1.37. The van der Waals surface area contributed by atoms with Gasteiger partial charge in [-0.15, -0.1) is 11.3 Å². The largest absolute Gasteiger partial charge is 0.462 e. The van der Waals surface area contributed by atoms with Crippen LogP contribution in [0.4, 0.5) is 9.80 Å². The highest BCUT2D eigenvalue weighted by molar-refractivity contribution is 7.17. The van der Waals surface area contributed by atoms with Crippen LogP contribution in [0.1, 0.15) is 65.5 Å². The Balaban J connectivity index is 1.56. The fourth-order valence-corrected chi connectivity index (χ4v) is 6.23. The number of amides is 4. The molecule has 8 nitrogen and oxygen atoms in total. The molecular formula is C26H31N3O5S. The first-order valence-corrected chi connectivity index (χ1v) is 12.8. The first-order valence-electron chi connectivity index (χ1n) is 12.0. The van der Waals surface area contributed by atoms with Crippen LogP contribution in [0.2, 0.25) is 0 Å². The molecule has 2 aliphatic rings. The molecule has 1 aromatic carbocycles. The number of urea groups is 1. The number of thiophene rings is 1. The van der Waals surface area contributed by atoms with Gasteiger partial charge in [0, 0.05) is 4.88 Å². The molecule has 1 aromatic heterocycles. The smallest absolute Gasteiger partial charge is 0.341 e. The lowest BCUT2D eigenvalue weighted by molar-refractivity contribution is -0.134. The first-order chi connectivity index (χ1) is 16.7. The molecule has 35 heavy (non-hydrogen) atoms. The summed E-state index contributed by atoms with van der Waals surface area (Å²) in [6.45, 7) is 7.46. The molecule has 1 fully saturated rings. The molecule has 0 spiro atoms. The maximum Gasteiger partial charge on any atom is 0.341 e. The number of fused-ring (bicyclic) bond motifs is 1. The van der Waals surface area contributed by atoms with E-state index in [9.17, 15) is 19.2 Å². The van der Waals surface area contributed by atoms with Gasteiger partial charge in [0.2, 0.25) is 5.91 Å². The molecule has 9 heteroatoms. The zero-order valence-electron chi connectivity index (χ0n) is 20.5. The van der Waals surface area contributed by atoms with E-state index in [1.807, 2.05) is 38.1 Å². The monoisotopic (exact) mass is 497 g/mol. The SMILES string of the molecule is CCOC(=O)c1c(NC(=O)CN2C(=O)N[C@](CC)(c3ccc(C)cc3)C2=O)sc2c1CC[C@@H](C)C2. The first kappa shape index (κ1) is 24.9. The number of rotatable bonds is 7. The lowest BCUT2D eigenvalue weighted by Gasteiger charge is -2.25. The van der Waals surface area contributed by atoms with Gasteiger partial charge in [-0.2, -0.15) is 0 Å². The van der Waals surface area contributed by atoms with Crippen LogP contribution in [0.15, 0.2) is 24.3 Å². The number of anilines is 1. The fraction of sp³-hybridized carbons (Fsp3) is 0.462. The summed E-state index contributed by atoms with van der Waals surface area (Å²) in [6.07, 6.45) is 2.90. The molecule has 1 aliphatic carbocycles. The Labute approximate surface area is 209 Å². The Morgan fingerprint density at radius 1 is 1.23 bits per heavy atom. The summed E-state index contributed by atoms with van der Waals surface area (Å²) in [7, 11) is 0. The summed E-state index contributed by atoms with van der Waals surface area (Å²) in [5.74, 6) is -0.973.